The van der Waals surface area contributed by atoms with E-state index in [2.05, 4.69) is 19.9 Å². The average Bonchev–Trinajstić information content (AvgIpc) is 3.13. The number of rotatable bonds is 9. The highest BCUT2D eigenvalue weighted by Gasteiger charge is 2.65. The topological polar surface area (TPSA) is 152 Å². The Morgan fingerprint density at radius 2 is 1.64 bits per heavy atom. The van der Waals surface area contributed by atoms with Crippen LogP contribution in [0.5, 0.6) is 0 Å². The van der Waals surface area contributed by atoms with Gasteiger partial charge in [-0.15, -0.1) is 0 Å². The van der Waals surface area contributed by atoms with Crippen LogP contribution in [0.4, 0.5) is 0 Å². The summed E-state index contributed by atoms with van der Waals surface area (Å²) in [6.07, 6.45) is 7.42. The number of hydrogen-bond donors (Lipinski definition) is 5. The Bertz CT molecular complexity index is 1100. The van der Waals surface area contributed by atoms with Gasteiger partial charge in [0.25, 0.3) is 0 Å². The van der Waals surface area contributed by atoms with E-state index in [-0.39, 0.29) is 35.9 Å². The second-order valence-corrected chi connectivity index (χ2v) is 14.1. The molecule has 0 aromatic carbocycles. The quantitative estimate of drug-likeness (QED) is 0.288. The lowest BCUT2D eigenvalue weighted by atomic mass is 9.44. The largest absolute Gasteiger partial charge is 0.481 e. The molecule has 8 nitrogen and oxygen atoms in total. The Morgan fingerprint density at radius 1 is 1.00 bits per heavy atom. The summed E-state index contributed by atoms with van der Waals surface area (Å²) in [7, 11) is 0. The predicted octanol–water partition coefficient (Wildman–Crippen LogP) is 4.26. The monoisotopic (exact) mass is 546 g/mol. The standard InChI is InChI=1S/C31H46O8/c1-18(6-11-24(32)27(2,3)37)21-9-10-22-20-8-7-19-14-30(38,15-25(33)34)17-31(39,16-26(35)36)29(19,5)23(20)12-13-28(21,22)4/h7-8,18,21-23,37-39H,6,9-17H2,1-5H3,(H,33,34)(H,35,36)/t18-,21-,22+,23+,28-,29+,30+,31+/m1/s1. The zero-order chi connectivity index (χ0) is 29.2. The van der Waals surface area contributed by atoms with Gasteiger partial charge in [0.05, 0.1) is 24.0 Å². The summed E-state index contributed by atoms with van der Waals surface area (Å²) in [6.45, 7) is 9.52. The summed E-state index contributed by atoms with van der Waals surface area (Å²) >= 11 is 0. The number of carboxylic acids is 2. The number of aliphatic carboxylic acids is 2. The molecule has 4 aliphatic rings. The first-order valence-corrected chi connectivity index (χ1v) is 14.4. The molecule has 0 aromatic rings. The number of fused-ring (bicyclic) bond motifs is 5. The maximum atomic E-state index is 12.4. The molecule has 0 unspecified atom stereocenters. The number of aliphatic hydroxyl groups is 3. The molecule has 39 heavy (non-hydrogen) atoms. The SMILES string of the molecule is C[C@H](CCC(=O)C(C)(C)O)[C@H]1CC[C@H]2C3=CC=C4C[C@](O)(CC(=O)O)C[C@@](O)(CC(=O)O)[C@]4(C)[C@H]3CC[C@]12C. The normalized spacial score (nSPS) is 40.5. The summed E-state index contributed by atoms with van der Waals surface area (Å²) in [5, 5.41) is 52.6. The minimum absolute atomic E-state index is 0.00482. The van der Waals surface area contributed by atoms with Gasteiger partial charge in [-0.3, -0.25) is 14.4 Å². The van der Waals surface area contributed by atoms with E-state index in [1.165, 1.54) is 19.4 Å². The lowest BCUT2D eigenvalue weighted by Crippen LogP contribution is -2.63. The lowest BCUT2D eigenvalue weighted by Gasteiger charge is -2.62. The summed E-state index contributed by atoms with van der Waals surface area (Å²) in [4.78, 5) is 35.9. The van der Waals surface area contributed by atoms with Crippen LogP contribution in [0.15, 0.2) is 23.3 Å². The Hall–Kier alpha value is -2.03. The van der Waals surface area contributed by atoms with Gasteiger partial charge in [0.2, 0.25) is 0 Å². The van der Waals surface area contributed by atoms with Crippen LogP contribution in [0, 0.1) is 34.5 Å². The predicted molar refractivity (Wildman–Crippen MR) is 145 cm³/mol. The van der Waals surface area contributed by atoms with Crippen LogP contribution >= 0.6 is 0 Å². The molecule has 8 atom stereocenters. The molecule has 4 aliphatic carbocycles. The highest BCUT2D eigenvalue weighted by atomic mass is 16.4. The fourth-order valence-corrected chi connectivity index (χ4v) is 9.20. The molecule has 0 amide bonds. The number of carbonyl (C=O) groups excluding carboxylic acids is 1. The molecule has 0 radical (unpaired) electrons. The van der Waals surface area contributed by atoms with Crippen molar-refractivity contribution in [2.24, 2.45) is 34.5 Å². The van der Waals surface area contributed by atoms with E-state index in [9.17, 15) is 39.9 Å². The molecule has 8 heteroatoms. The van der Waals surface area contributed by atoms with Crippen molar-refractivity contribution in [2.45, 2.75) is 116 Å². The second kappa shape index (κ2) is 9.81. The number of carboxylic acid groups (broad SMARTS) is 2. The molecule has 4 rings (SSSR count). The summed E-state index contributed by atoms with van der Waals surface area (Å²) in [5.74, 6) is -1.63. The number of carbonyl (C=O) groups is 3. The fourth-order valence-electron chi connectivity index (χ4n) is 9.20. The summed E-state index contributed by atoms with van der Waals surface area (Å²) in [5.41, 5.74) is -3.81. The molecule has 0 bridgehead atoms. The fraction of sp³-hybridized carbons (Fsp3) is 0.774. The maximum absolute atomic E-state index is 12.4. The van der Waals surface area contributed by atoms with Gasteiger partial charge in [-0.1, -0.05) is 44.1 Å². The average molecular weight is 547 g/mol. The molecule has 0 heterocycles. The van der Waals surface area contributed by atoms with Crippen LogP contribution in [0.2, 0.25) is 0 Å². The number of hydrogen-bond acceptors (Lipinski definition) is 6. The van der Waals surface area contributed by atoms with Crippen molar-refractivity contribution in [3.05, 3.63) is 23.3 Å². The molecule has 0 saturated heterocycles. The zero-order valence-corrected chi connectivity index (χ0v) is 24.0. The van der Waals surface area contributed by atoms with Gasteiger partial charge in [-0.25, -0.2) is 0 Å². The van der Waals surface area contributed by atoms with Gasteiger partial charge in [0, 0.05) is 18.3 Å². The molecule has 5 N–H and O–H groups in total. The molecule has 0 aliphatic heterocycles. The first kappa shape index (κ1) is 29.9. The van der Waals surface area contributed by atoms with E-state index < -0.39 is 47.0 Å². The number of Topliss-reactive ketones (excluding diaryl/α,β-unsaturated/α-hetero) is 1. The van der Waals surface area contributed by atoms with Crippen molar-refractivity contribution in [2.75, 3.05) is 0 Å². The Kier molecular flexibility index (Phi) is 7.53. The zero-order valence-electron chi connectivity index (χ0n) is 24.0. The third-order valence-corrected chi connectivity index (χ3v) is 11.3. The third-order valence-electron chi connectivity index (χ3n) is 11.3. The van der Waals surface area contributed by atoms with Crippen molar-refractivity contribution in [1.29, 1.82) is 0 Å². The van der Waals surface area contributed by atoms with E-state index in [1.54, 1.807) is 0 Å². The first-order chi connectivity index (χ1) is 17.9. The molecular weight excluding hydrogens is 500 g/mol. The van der Waals surface area contributed by atoms with Crippen LogP contribution in [0.1, 0.15) is 98.8 Å². The summed E-state index contributed by atoms with van der Waals surface area (Å²) < 4.78 is 0. The van der Waals surface area contributed by atoms with Crippen molar-refractivity contribution in [1.82, 2.24) is 0 Å². The van der Waals surface area contributed by atoms with E-state index in [1.807, 2.05) is 13.0 Å². The van der Waals surface area contributed by atoms with Crippen LogP contribution < -0.4 is 0 Å². The second-order valence-electron chi connectivity index (χ2n) is 14.1. The van der Waals surface area contributed by atoms with Crippen molar-refractivity contribution >= 4 is 17.7 Å². The van der Waals surface area contributed by atoms with Gasteiger partial charge in [0.15, 0.2) is 5.78 Å². The Balaban J connectivity index is 1.65. The van der Waals surface area contributed by atoms with Crippen LogP contribution in [-0.2, 0) is 14.4 Å². The number of ketones is 1. The van der Waals surface area contributed by atoms with Gasteiger partial charge in [-0.2, -0.15) is 0 Å². The van der Waals surface area contributed by atoms with E-state index in [0.29, 0.717) is 18.3 Å². The highest BCUT2D eigenvalue weighted by Crippen LogP contribution is 2.68. The van der Waals surface area contributed by atoms with Crippen LogP contribution in [0.3, 0.4) is 0 Å². The minimum Gasteiger partial charge on any atom is -0.481 e. The van der Waals surface area contributed by atoms with Gasteiger partial charge >= 0.3 is 11.9 Å². The van der Waals surface area contributed by atoms with Crippen LogP contribution in [-0.4, -0.2) is 60.1 Å². The van der Waals surface area contributed by atoms with E-state index in [0.717, 1.165) is 37.7 Å². The Morgan fingerprint density at radius 3 is 2.23 bits per heavy atom. The third kappa shape index (κ3) is 5.02. The highest BCUT2D eigenvalue weighted by molar-refractivity contribution is 5.86. The smallest absolute Gasteiger partial charge is 0.306 e. The van der Waals surface area contributed by atoms with Gasteiger partial charge in [0.1, 0.15) is 5.60 Å². The van der Waals surface area contributed by atoms with E-state index in [4.69, 9.17) is 0 Å². The molecule has 218 valence electrons. The minimum atomic E-state index is -1.80. The molecular formula is C31H46O8. The van der Waals surface area contributed by atoms with Gasteiger partial charge < -0.3 is 25.5 Å². The first-order valence-electron chi connectivity index (χ1n) is 14.4. The molecule has 0 aromatic heterocycles. The molecule has 3 saturated carbocycles. The van der Waals surface area contributed by atoms with Gasteiger partial charge in [-0.05, 0) is 81.5 Å². The van der Waals surface area contributed by atoms with Crippen LogP contribution in [0.25, 0.3) is 0 Å². The maximum Gasteiger partial charge on any atom is 0.306 e. The molecule has 3 fully saturated rings. The van der Waals surface area contributed by atoms with Crippen molar-refractivity contribution in [3.63, 3.8) is 0 Å². The van der Waals surface area contributed by atoms with Crippen molar-refractivity contribution < 1.29 is 39.9 Å². The lowest BCUT2D eigenvalue weighted by molar-refractivity contribution is -0.184. The number of allylic oxidation sites excluding steroid dienone is 3. The Labute approximate surface area is 231 Å². The van der Waals surface area contributed by atoms with E-state index >= 15 is 0 Å². The summed E-state index contributed by atoms with van der Waals surface area (Å²) in [6, 6.07) is 0. The molecule has 0 spiro atoms. The van der Waals surface area contributed by atoms with Crippen molar-refractivity contribution in [3.8, 4) is 0 Å².